The molecule has 2 unspecified atom stereocenters. The summed E-state index contributed by atoms with van der Waals surface area (Å²) in [5.74, 6) is 0. The Kier molecular flexibility index (Phi) is 5.46. The maximum absolute atomic E-state index is 12.6. The molecule has 6 nitrogen and oxygen atoms in total. The minimum atomic E-state index is -0.501. The van der Waals surface area contributed by atoms with Crippen molar-refractivity contribution in [1.82, 2.24) is 10.2 Å². The molecule has 0 bridgehead atoms. The molecule has 2 fully saturated rings. The standard InChI is InChI=1S/C15H29N3O3/c1-15(2,3)21-14(19)18(12-4-7-17-8-5-12)13-10-11(16)6-9-20-13/h11-13,17H,4-10,16H2,1-3H3. The molecule has 122 valence electrons. The predicted octanol–water partition coefficient (Wildman–Crippen LogP) is 1.44. The lowest BCUT2D eigenvalue weighted by atomic mass is 10.0. The molecule has 2 aliphatic rings. The first-order valence-electron chi connectivity index (χ1n) is 7.96. The van der Waals surface area contributed by atoms with Crippen molar-refractivity contribution >= 4 is 6.09 Å². The number of ether oxygens (including phenoxy) is 2. The quantitative estimate of drug-likeness (QED) is 0.807. The lowest BCUT2D eigenvalue weighted by molar-refractivity contribution is -0.109. The van der Waals surface area contributed by atoms with E-state index >= 15 is 0 Å². The Labute approximate surface area is 127 Å². The second kappa shape index (κ2) is 6.94. The molecule has 2 saturated heterocycles. The molecule has 2 aliphatic heterocycles. The van der Waals surface area contributed by atoms with Gasteiger partial charge in [0.1, 0.15) is 11.8 Å². The molecule has 0 aromatic heterocycles. The minimum absolute atomic E-state index is 0.0930. The summed E-state index contributed by atoms with van der Waals surface area (Å²) in [7, 11) is 0. The van der Waals surface area contributed by atoms with E-state index in [1.54, 1.807) is 4.90 Å². The SMILES string of the molecule is CC(C)(C)OC(=O)N(C1CCNCC1)C1CC(N)CCO1. The molecule has 0 spiro atoms. The van der Waals surface area contributed by atoms with Crippen LogP contribution in [0, 0.1) is 0 Å². The van der Waals surface area contributed by atoms with Gasteiger partial charge in [-0.1, -0.05) is 0 Å². The average molecular weight is 299 g/mol. The Balaban J connectivity index is 2.10. The van der Waals surface area contributed by atoms with Crippen LogP contribution in [0.15, 0.2) is 0 Å². The van der Waals surface area contributed by atoms with Gasteiger partial charge in [0.25, 0.3) is 0 Å². The number of carbonyl (C=O) groups is 1. The van der Waals surface area contributed by atoms with Crippen molar-refractivity contribution in [1.29, 1.82) is 0 Å². The lowest BCUT2D eigenvalue weighted by Crippen LogP contribution is -2.55. The fourth-order valence-corrected chi connectivity index (χ4v) is 2.90. The summed E-state index contributed by atoms with van der Waals surface area (Å²) in [6.07, 6.45) is 2.84. The maximum atomic E-state index is 12.6. The Bertz CT molecular complexity index is 351. The van der Waals surface area contributed by atoms with Crippen LogP contribution >= 0.6 is 0 Å². The van der Waals surface area contributed by atoms with Gasteiger partial charge in [0.15, 0.2) is 0 Å². The highest BCUT2D eigenvalue weighted by atomic mass is 16.6. The van der Waals surface area contributed by atoms with Gasteiger partial charge >= 0.3 is 6.09 Å². The van der Waals surface area contributed by atoms with Crippen LogP contribution in [0.3, 0.4) is 0 Å². The van der Waals surface area contributed by atoms with Gasteiger partial charge in [-0.25, -0.2) is 4.79 Å². The van der Waals surface area contributed by atoms with Gasteiger partial charge in [0.05, 0.1) is 6.61 Å². The molecule has 0 aliphatic carbocycles. The fourth-order valence-electron chi connectivity index (χ4n) is 2.90. The van der Waals surface area contributed by atoms with E-state index in [0.717, 1.165) is 32.4 Å². The van der Waals surface area contributed by atoms with Crippen LogP contribution < -0.4 is 11.1 Å². The second-order valence-corrected chi connectivity index (χ2v) is 6.98. The van der Waals surface area contributed by atoms with E-state index in [-0.39, 0.29) is 24.4 Å². The molecule has 0 aromatic carbocycles. The van der Waals surface area contributed by atoms with E-state index in [1.165, 1.54) is 0 Å². The zero-order valence-electron chi connectivity index (χ0n) is 13.4. The number of piperidine rings is 1. The lowest BCUT2D eigenvalue weighted by Gasteiger charge is -2.42. The predicted molar refractivity (Wildman–Crippen MR) is 80.9 cm³/mol. The third-order valence-electron chi connectivity index (χ3n) is 3.92. The van der Waals surface area contributed by atoms with Gasteiger partial charge in [-0.3, -0.25) is 4.90 Å². The number of hydrogen-bond acceptors (Lipinski definition) is 5. The number of rotatable bonds is 2. The molecule has 0 saturated carbocycles. The molecular formula is C15H29N3O3. The van der Waals surface area contributed by atoms with Gasteiger partial charge in [-0.05, 0) is 53.1 Å². The van der Waals surface area contributed by atoms with Gasteiger partial charge in [-0.15, -0.1) is 0 Å². The van der Waals surface area contributed by atoms with Crippen LogP contribution in [0.2, 0.25) is 0 Å². The molecule has 2 heterocycles. The molecule has 21 heavy (non-hydrogen) atoms. The zero-order chi connectivity index (χ0) is 15.5. The van der Waals surface area contributed by atoms with Crippen molar-refractivity contribution in [2.24, 2.45) is 5.73 Å². The Hall–Kier alpha value is -0.850. The first kappa shape index (κ1) is 16.5. The van der Waals surface area contributed by atoms with E-state index < -0.39 is 5.60 Å². The van der Waals surface area contributed by atoms with Crippen molar-refractivity contribution < 1.29 is 14.3 Å². The van der Waals surface area contributed by atoms with Crippen molar-refractivity contribution in [3.05, 3.63) is 0 Å². The summed E-state index contributed by atoms with van der Waals surface area (Å²) in [5.41, 5.74) is 5.55. The van der Waals surface area contributed by atoms with Crippen LogP contribution in [0.1, 0.15) is 46.5 Å². The number of amides is 1. The third kappa shape index (κ3) is 4.83. The van der Waals surface area contributed by atoms with Crippen molar-refractivity contribution in [3.8, 4) is 0 Å². The Morgan fingerprint density at radius 1 is 1.29 bits per heavy atom. The van der Waals surface area contributed by atoms with E-state index in [4.69, 9.17) is 15.2 Å². The Morgan fingerprint density at radius 3 is 2.52 bits per heavy atom. The number of nitrogens with two attached hydrogens (primary N) is 1. The van der Waals surface area contributed by atoms with Gasteiger partial charge in [0, 0.05) is 18.5 Å². The van der Waals surface area contributed by atoms with Gasteiger partial charge in [-0.2, -0.15) is 0 Å². The molecule has 6 heteroatoms. The molecule has 3 N–H and O–H groups in total. The molecular weight excluding hydrogens is 270 g/mol. The van der Waals surface area contributed by atoms with E-state index in [1.807, 2.05) is 20.8 Å². The minimum Gasteiger partial charge on any atom is -0.444 e. The highest BCUT2D eigenvalue weighted by Gasteiger charge is 2.37. The first-order valence-corrected chi connectivity index (χ1v) is 7.96. The summed E-state index contributed by atoms with van der Waals surface area (Å²) < 4.78 is 11.4. The average Bonchev–Trinajstić information content (AvgIpc) is 2.38. The van der Waals surface area contributed by atoms with Crippen LogP contribution in [0.4, 0.5) is 4.79 Å². The van der Waals surface area contributed by atoms with Gasteiger partial charge in [0.2, 0.25) is 0 Å². The molecule has 0 radical (unpaired) electrons. The fraction of sp³-hybridized carbons (Fsp3) is 0.933. The van der Waals surface area contributed by atoms with Gasteiger partial charge < -0.3 is 20.5 Å². The molecule has 2 rings (SSSR count). The van der Waals surface area contributed by atoms with E-state index in [0.29, 0.717) is 13.0 Å². The Morgan fingerprint density at radius 2 is 1.95 bits per heavy atom. The van der Waals surface area contributed by atoms with E-state index in [2.05, 4.69) is 5.32 Å². The summed E-state index contributed by atoms with van der Waals surface area (Å²) in [5, 5.41) is 3.32. The van der Waals surface area contributed by atoms with Crippen molar-refractivity contribution in [2.45, 2.75) is 70.4 Å². The maximum Gasteiger partial charge on any atom is 0.412 e. The van der Waals surface area contributed by atoms with Crippen LogP contribution in [-0.2, 0) is 9.47 Å². The van der Waals surface area contributed by atoms with Crippen LogP contribution in [-0.4, -0.2) is 54.6 Å². The summed E-state index contributed by atoms with van der Waals surface area (Å²) in [4.78, 5) is 14.4. The molecule has 0 aromatic rings. The first-order chi connectivity index (χ1) is 9.87. The summed E-state index contributed by atoms with van der Waals surface area (Å²) in [6.45, 7) is 8.11. The number of nitrogens with one attached hydrogen (secondary N) is 1. The molecule has 2 atom stereocenters. The zero-order valence-corrected chi connectivity index (χ0v) is 13.4. The monoisotopic (exact) mass is 299 g/mol. The van der Waals surface area contributed by atoms with Crippen LogP contribution in [0.5, 0.6) is 0 Å². The smallest absolute Gasteiger partial charge is 0.412 e. The third-order valence-corrected chi connectivity index (χ3v) is 3.92. The topological polar surface area (TPSA) is 76.8 Å². The largest absolute Gasteiger partial charge is 0.444 e. The van der Waals surface area contributed by atoms with E-state index in [9.17, 15) is 4.79 Å². The normalized spacial score (nSPS) is 28.2. The number of hydrogen-bond donors (Lipinski definition) is 2. The van der Waals surface area contributed by atoms with Crippen molar-refractivity contribution in [2.75, 3.05) is 19.7 Å². The molecule has 1 amide bonds. The number of carbonyl (C=O) groups excluding carboxylic acids is 1. The summed E-state index contributed by atoms with van der Waals surface area (Å²) in [6, 6.07) is 0.256. The summed E-state index contributed by atoms with van der Waals surface area (Å²) >= 11 is 0. The second-order valence-electron chi connectivity index (χ2n) is 6.98. The highest BCUT2D eigenvalue weighted by molar-refractivity contribution is 5.69. The highest BCUT2D eigenvalue weighted by Crippen LogP contribution is 2.25. The van der Waals surface area contributed by atoms with Crippen LogP contribution in [0.25, 0.3) is 0 Å². The van der Waals surface area contributed by atoms with Crippen molar-refractivity contribution in [3.63, 3.8) is 0 Å². The number of nitrogens with zero attached hydrogens (tertiary/aromatic N) is 1.